The highest BCUT2D eigenvalue weighted by Gasteiger charge is 2.04. The van der Waals surface area contributed by atoms with Gasteiger partial charge in [0, 0.05) is 18.0 Å². The number of ether oxygens (including phenoxy) is 1. The molecule has 96 valence electrons. The number of methoxy groups -OCH3 is 1. The second kappa shape index (κ2) is 6.36. The first kappa shape index (κ1) is 13.6. The first-order chi connectivity index (χ1) is 8.67. The molecule has 0 aliphatic carbocycles. The van der Waals surface area contributed by atoms with Gasteiger partial charge < -0.3 is 4.74 Å². The molecule has 0 saturated carbocycles. The fraction of sp³-hybridized carbons (Fsp3) is 0.286. The number of benzene rings is 1. The number of nitrogens with zero attached hydrogens (tertiary/aromatic N) is 1. The zero-order valence-corrected chi connectivity index (χ0v) is 12.9. The maximum atomic E-state index is 5.24. The molecule has 0 saturated heterocycles. The van der Waals surface area contributed by atoms with Crippen LogP contribution in [0.4, 0.5) is 0 Å². The van der Waals surface area contributed by atoms with Crippen LogP contribution in [0.15, 0.2) is 40.2 Å². The number of hydrogen-bond acceptors (Lipinski definition) is 3. The molecule has 0 amide bonds. The van der Waals surface area contributed by atoms with Crippen molar-refractivity contribution in [2.75, 3.05) is 14.2 Å². The van der Waals surface area contributed by atoms with E-state index < -0.39 is 0 Å². The van der Waals surface area contributed by atoms with Crippen LogP contribution in [0.2, 0.25) is 0 Å². The molecule has 0 unspecified atom stereocenters. The average Bonchev–Trinajstić information content (AvgIpc) is 2.74. The molecule has 2 nitrogen and oxygen atoms in total. The van der Waals surface area contributed by atoms with Gasteiger partial charge in [-0.05, 0) is 52.8 Å². The van der Waals surface area contributed by atoms with E-state index in [4.69, 9.17) is 4.74 Å². The topological polar surface area (TPSA) is 12.5 Å². The monoisotopic (exact) mass is 325 g/mol. The quantitative estimate of drug-likeness (QED) is 0.818. The van der Waals surface area contributed by atoms with Gasteiger partial charge in [0.2, 0.25) is 0 Å². The third-order valence-corrected chi connectivity index (χ3v) is 4.25. The summed E-state index contributed by atoms with van der Waals surface area (Å²) in [4.78, 5) is 3.67. The molecule has 0 aliphatic heterocycles. The fourth-order valence-corrected chi connectivity index (χ4v) is 3.40. The lowest BCUT2D eigenvalue weighted by Crippen LogP contribution is -2.16. The Bertz CT molecular complexity index is 512. The molecule has 1 aromatic carbocycles. The molecule has 0 atom stereocenters. The molecule has 2 aromatic rings. The van der Waals surface area contributed by atoms with E-state index in [-0.39, 0.29) is 0 Å². The van der Waals surface area contributed by atoms with Gasteiger partial charge in [-0.3, -0.25) is 4.90 Å². The molecule has 18 heavy (non-hydrogen) atoms. The molecule has 0 spiro atoms. The van der Waals surface area contributed by atoms with E-state index in [1.807, 2.05) is 12.1 Å². The molecule has 0 fully saturated rings. The van der Waals surface area contributed by atoms with Crippen LogP contribution in [0.25, 0.3) is 0 Å². The van der Waals surface area contributed by atoms with Crippen LogP contribution in [0.3, 0.4) is 0 Å². The van der Waals surface area contributed by atoms with E-state index in [1.54, 1.807) is 18.4 Å². The van der Waals surface area contributed by atoms with Crippen LogP contribution in [0, 0.1) is 0 Å². The highest BCUT2D eigenvalue weighted by Crippen LogP contribution is 2.23. The van der Waals surface area contributed by atoms with Crippen molar-refractivity contribution in [2.24, 2.45) is 0 Å². The largest absolute Gasteiger partial charge is 0.497 e. The van der Waals surface area contributed by atoms with Crippen LogP contribution < -0.4 is 4.74 Å². The summed E-state index contributed by atoms with van der Waals surface area (Å²) in [6.07, 6.45) is 0. The van der Waals surface area contributed by atoms with E-state index in [1.165, 1.54) is 14.2 Å². The molecule has 1 heterocycles. The first-order valence-corrected chi connectivity index (χ1v) is 7.34. The Kier molecular flexibility index (Phi) is 4.80. The maximum absolute atomic E-state index is 5.24. The Hall–Kier alpha value is -0.840. The first-order valence-electron chi connectivity index (χ1n) is 5.73. The third-order valence-electron chi connectivity index (χ3n) is 2.64. The van der Waals surface area contributed by atoms with E-state index >= 15 is 0 Å². The highest BCUT2D eigenvalue weighted by molar-refractivity contribution is 9.11. The standard InChI is InChI=1S/C14H16BrNOS/c1-16(10-13-6-7-14(15)18-13)9-11-4-3-5-12(8-11)17-2/h3-8H,9-10H2,1-2H3. The van der Waals surface area contributed by atoms with Gasteiger partial charge in [-0.25, -0.2) is 0 Å². The van der Waals surface area contributed by atoms with Crippen molar-refractivity contribution in [2.45, 2.75) is 13.1 Å². The second-order valence-corrected chi connectivity index (χ2v) is 6.78. The molecule has 1 aromatic heterocycles. The number of thiophene rings is 1. The minimum absolute atomic E-state index is 0.916. The molecular weight excluding hydrogens is 310 g/mol. The summed E-state index contributed by atoms with van der Waals surface area (Å²) < 4.78 is 6.42. The Balaban J connectivity index is 1.96. The van der Waals surface area contributed by atoms with Crippen molar-refractivity contribution in [3.63, 3.8) is 0 Å². The SMILES string of the molecule is COc1cccc(CN(C)Cc2ccc(Br)s2)c1. The van der Waals surface area contributed by atoms with Gasteiger partial charge in [0.15, 0.2) is 0 Å². The van der Waals surface area contributed by atoms with E-state index in [0.29, 0.717) is 0 Å². The predicted molar refractivity (Wildman–Crippen MR) is 80.2 cm³/mol. The van der Waals surface area contributed by atoms with E-state index in [2.05, 4.69) is 52.1 Å². The van der Waals surface area contributed by atoms with Gasteiger partial charge >= 0.3 is 0 Å². The minimum atomic E-state index is 0.916. The molecule has 2 rings (SSSR count). The minimum Gasteiger partial charge on any atom is -0.497 e. The molecule has 4 heteroatoms. The van der Waals surface area contributed by atoms with Crippen LogP contribution in [0.1, 0.15) is 10.4 Å². The number of rotatable bonds is 5. The lowest BCUT2D eigenvalue weighted by molar-refractivity contribution is 0.321. The molecule has 0 N–H and O–H groups in total. The zero-order chi connectivity index (χ0) is 13.0. The van der Waals surface area contributed by atoms with Gasteiger partial charge in [0.25, 0.3) is 0 Å². The second-order valence-electron chi connectivity index (χ2n) is 4.23. The number of halogens is 1. The van der Waals surface area contributed by atoms with Gasteiger partial charge in [-0.15, -0.1) is 11.3 Å². The van der Waals surface area contributed by atoms with Crippen LogP contribution in [-0.2, 0) is 13.1 Å². The van der Waals surface area contributed by atoms with Gasteiger partial charge in [0.1, 0.15) is 5.75 Å². The molecule has 0 aliphatic rings. The summed E-state index contributed by atoms with van der Waals surface area (Å²) in [5.41, 5.74) is 1.27. The summed E-state index contributed by atoms with van der Waals surface area (Å²) in [5, 5.41) is 0. The van der Waals surface area contributed by atoms with Crippen molar-refractivity contribution < 1.29 is 4.74 Å². The smallest absolute Gasteiger partial charge is 0.119 e. The zero-order valence-electron chi connectivity index (χ0n) is 10.5. The Morgan fingerprint density at radius 1 is 1.22 bits per heavy atom. The lowest BCUT2D eigenvalue weighted by Gasteiger charge is -2.16. The van der Waals surface area contributed by atoms with Crippen molar-refractivity contribution in [1.29, 1.82) is 0 Å². The summed E-state index contributed by atoms with van der Waals surface area (Å²) >= 11 is 5.28. The molecular formula is C14H16BrNOS. The van der Waals surface area contributed by atoms with Crippen LogP contribution in [0.5, 0.6) is 5.75 Å². The normalized spacial score (nSPS) is 10.9. The summed E-state index contributed by atoms with van der Waals surface area (Å²) in [6, 6.07) is 12.5. The lowest BCUT2D eigenvalue weighted by atomic mass is 10.2. The van der Waals surface area contributed by atoms with Crippen LogP contribution >= 0.6 is 27.3 Å². The van der Waals surface area contributed by atoms with Gasteiger partial charge in [-0.1, -0.05) is 12.1 Å². The highest BCUT2D eigenvalue weighted by atomic mass is 79.9. The number of hydrogen-bond donors (Lipinski definition) is 0. The average molecular weight is 326 g/mol. The van der Waals surface area contributed by atoms with Crippen molar-refractivity contribution >= 4 is 27.3 Å². The Morgan fingerprint density at radius 2 is 2.06 bits per heavy atom. The van der Waals surface area contributed by atoms with Gasteiger partial charge in [-0.2, -0.15) is 0 Å². The summed E-state index contributed by atoms with van der Waals surface area (Å²) in [5.74, 6) is 0.916. The Morgan fingerprint density at radius 3 is 2.72 bits per heavy atom. The van der Waals surface area contributed by atoms with E-state index in [0.717, 1.165) is 18.8 Å². The third kappa shape index (κ3) is 3.83. The van der Waals surface area contributed by atoms with Gasteiger partial charge in [0.05, 0.1) is 10.9 Å². The van der Waals surface area contributed by atoms with E-state index in [9.17, 15) is 0 Å². The van der Waals surface area contributed by atoms with Crippen molar-refractivity contribution in [3.05, 3.63) is 50.6 Å². The molecule has 0 bridgehead atoms. The van der Waals surface area contributed by atoms with Crippen molar-refractivity contribution in [1.82, 2.24) is 4.90 Å². The predicted octanol–water partition coefficient (Wildman–Crippen LogP) is 4.15. The fourth-order valence-electron chi connectivity index (χ4n) is 1.84. The van der Waals surface area contributed by atoms with Crippen LogP contribution in [-0.4, -0.2) is 19.1 Å². The van der Waals surface area contributed by atoms with Crippen molar-refractivity contribution in [3.8, 4) is 5.75 Å². The Labute approximate surface area is 120 Å². The summed E-state index contributed by atoms with van der Waals surface area (Å²) in [6.45, 7) is 1.89. The molecule has 0 radical (unpaired) electrons. The maximum Gasteiger partial charge on any atom is 0.119 e. The summed E-state index contributed by atoms with van der Waals surface area (Å²) in [7, 11) is 3.83.